The fourth-order valence-electron chi connectivity index (χ4n) is 1.57. The molecule has 0 spiro atoms. The molecule has 1 rings (SSSR count). The van der Waals surface area contributed by atoms with Crippen molar-refractivity contribution < 1.29 is 9.53 Å². The van der Waals surface area contributed by atoms with Gasteiger partial charge in [-0.25, -0.2) is 0 Å². The number of rotatable bonds is 7. The summed E-state index contributed by atoms with van der Waals surface area (Å²) in [7, 11) is 3.58. The maximum absolute atomic E-state index is 11.7. The summed E-state index contributed by atoms with van der Waals surface area (Å²) in [6.45, 7) is 1.15. The number of carbonyl (C=O) groups excluding carboxylic acids is 1. The Bertz CT molecular complexity index is 349. The molecule has 5 nitrogen and oxygen atoms in total. The number of ether oxygens (including phenoxy) is 1. The van der Waals surface area contributed by atoms with Crippen molar-refractivity contribution in [1.29, 1.82) is 0 Å². The standard InChI is InChI=1S/C12H21N3O2/c1-15-7-3-5-10(15)9-14-12(16)11(13)6-4-8-17-2/h3,5,7,11H,4,6,8-9,13H2,1-2H3,(H,14,16). The number of nitrogens with zero attached hydrogens (tertiary/aromatic N) is 1. The van der Waals surface area contributed by atoms with Gasteiger partial charge >= 0.3 is 0 Å². The Labute approximate surface area is 102 Å². The van der Waals surface area contributed by atoms with Crippen LogP contribution in [-0.2, 0) is 23.1 Å². The number of carbonyl (C=O) groups is 1. The number of aromatic nitrogens is 1. The van der Waals surface area contributed by atoms with Gasteiger partial charge in [0.25, 0.3) is 0 Å². The first-order valence-corrected chi connectivity index (χ1v) is 5.77. The third-order valence-corrected chi connectivity index (χ3v) is 2.70. The zero-order valence-corrected chi connectivity index (χ0v) is 10.5. The summed E-state index contributed by atoms with van der Waals surface area (Å²) < 4.78 is 6.88. The van der Waals surface area contributed by atoms with E-state index >= 15 is 0 Å². The maximum atomic E-state index is 11.7. The van der Waals surface area contributed by atoms with Crippen LogP contribution in [0.15, 0.2) is 18.3 Å². The maximum Gasteiger partial charge on any atom is 0.237 e. The molecule has 1 heterocycles. The van der Waals surface area contributed by atoms with Gasteiger partial charge in [-0.15, -0.1) is 0 Å². The summed E-state index contributed by atoms with van der Waals surface area (Å²) in [6.07, 6.45) is 3.39. The van der Waals surface area contributed by atoms with Crippen LogP contribution in [0.1, 0.15) is 18.5 Å². The minimum Gasteiger partial charge on any atom is -0.385 e. The van der Waals surface area contributed by atoms with E-state index in [1.807, 2.05) is 29.9 Å². The second kappa shape index (κ2) is 7.09. The first kappa shape index (κ1) is 13.7. The molecular formula is C12H21N3O2. The van der Waals surface area contributed by atoms with Gasteiger partial charge in [-0.3, -0.25) is 4.79 Å². The number of aryl methyl sites for hydroxylation is 1. The first-order chi connectivity index (χ1) is 8.15. The number of methoxy groups -OCH3 is 1. The molecule has 96 valence electrons. The molecule has 17 heavy (non-hydrogen) atoms. The van der Waals surface area contributed by atoms with Crippen LogP contribution >= 0.6 is 0 Å². The van der Waals surface area contributed by atoms with Gasteiger partial charge < -0.3 is 20.4 Å². The number of nitrogens with one attached hydrogen (secondary N) is 1. The van der Waals surface area contributed by atoms with Crippen LogP contribution in [-0.4, -0.2) is 30.2 Å². The summed E-state index contributed by atoms with van der Waals surface area (Å²) in [5.41, 5.74) is 6.82. The molecule has 1 aromatic rings. The zero-order valence-electron chi connectivity index (χ0n) is 10.5. The molecule has 0 radical (unpaired) electrons. The summed E-state index contributed by atoms with van der Waals surface area (Å²) in [5, 5.41) is 2.83. The lowest BCUT2D eigenvalue weighted by Crippen LogP contribution is -2.40. The topological polar surface area (TPSA) is 69.3 Å². The van der Waals surface area contributed by atoms with Gasteiger partial charge in [0.05, 0.1) is 12.6 Å². The molecule has 1 atom stereocenters. The van der Waals surface area contributed by atoms with Crippen molar-refractivity contribution in [1.82, 2.24) is 9.88 Å². The monoisotopic (exact) mass is 239 g/mol. The van der Waals surface area contributed by atoms with E-state index < -0.39 is 6.04 Å². The lowest BCUT2D eigenvalue weighted by molar-refractivity contribution is -0.122. The van der Waals surface area contributed by atoms with E-state index in [1.165, 1.54) is 0 Å². The van der Waals surface area contributed by atoms with Crippen LogP contribution in [0.25, 0.3) is 0 Å². The largest absolute Gasteiger partial charge is 0.385 e. The van der Waals surface area contributed by atoms with Crippen molar-refractivity contribution in [2.45, 2.75) is 25.4 Å². The molecule has 0 saturated heterocycles. The highest BCUT2D eigenvalue weighted by Gasteiger charge is 2.12. The minimum atomic E-state index is -0.453. The Balaban J connectivity index is 2.27. The highest BCUT2D eigenvalue weighted by molar-refractivity contribution is 5.81. The number of nitrogens with two attached hydrogens (primary N) is 1. The van der Waals surface area contributed by atoms with E-state index in [2.05, 4.69) is 5.32 Å². The minimum absolute atomic E-state index is 0.109. The Morgan fingerprint density at radius 2 is 2.41 bits per heavy atom. The summed E-state index contributed by atoms with van der Waals surface area (Å²) in [6, 6.07) is 3.46. The molecule has 0 saturated carbocycles. The zero-order chi connectivity index (χ0) is 12.7. The smallest absolute Gasteiger partial charge is 0.237 e. The predicted molar refractivity (Wildman–Crippen MR) is 66.3 cm³/mol. The van der Waals surface area contributed by atoms with Crippen molar-refractivity contribution in [3.63, 3.8) is 0 Å². The van der Waals surface area contributed by atoms with Gasteiger partial charge in [0.1, 0.15) is 0 Å². The van der Waals surface area contributed by atoms with Crippen molar-refractivity contribution >= 4 is 5.91 Å². The molecule has 1 unspecified atom stereocenters. The number of amides is 1. The molecular weight excluding hydrogens is 218 g/mol. The van der Waals surface area contributed by atoms with E-state index in [-0.39, 0.29) is 5.91 Å². The molecule has 5 heteroatoms. The summed E-state index contributed by atoms with van der Waals surface area (Å²) in [4.78, 5) is 11.7. The third kappa shape index (κ3) is 4.58. The first-order valence-electron chi connectivity index (χ1n) is 5.77. The highest BCUT2D eigenvalue weighted by Crippen LogP contribution is 2.00. The van der Waals surface area contributed by atoms with Crippen LogP contribution in [0.5, 0.6) is 0 Å². The molecule has 0 fully saturated rings. The Kier molecular flexibility index (Phi) is 5.72. The molecule has 0 aliphatic rings. The van der Waals surface area contributed by atoms with Gasteiger partial charge in [-0.1, -0.05) is 0 Å². The van der Waals surface area contributed by atoms with Gasteiger partial charge in [0.2, 0.25) is 5.91 Å². The van der Waals surface area contributed by atoms with Crippen LogP contribution in [0, 0.1) is 0 Å². The van der Waals surface area contributed by atoms with Crippen molar-refractivity contribution in [2.24, 2.45) is 12.8 Å². The summed E-state index contributed by atoms with van der Waals surface area (Å²) >= 11 is 0. The molecule has 1 aromatic heterocycles. The number of hydrogen-bond donors (Lipinski definition) is 2. The predicted octanol–water partition coefficient (Wildman–Crippen LogP) is 0.395. The number of hydrogen-bond acceptors (Lipinski definition) is 3. The molecule has 1 amide bonds. The Morgan fingerprint density at radius 1 is 1.65 bits per heavy atom. The second-order valence-corrected chi connectivity index (χ2v) is 4.07. The quantitative estimate of drug-likeness (QED) is 0.676. The lowest BCUT2D eigenvalue weighted by Gasteiger charge is -2.12. The van der Waals surface area contributed by atoms with Gasteiger partial charge in [-0.2, -0.15) is 0 Å². The van der Waals surface area contributed by atoms with E-state index in [9.17, 15) is 4.79 Å². The second-order valence-electron chi connectivity index (χ2n) is 4.07. The SMILES string of the molecule is COCCCC(N)C(=O)NCc1cccn1C. The molecule has 0 bridgehead atoms. The molecule has 0 aliphatic carbocycles. The molecule has 0 aliphatic heterocycles. The normalized spacial score (nSPS) is 12.4. The summed E-state index contributed by atoms with van der Waals surface area (Å²) in [5.74, 6) is -0.109. The van der Waals surface area contributed by atoms with E-state index in [0.717, 1.165) is 12.1 Å². The van der Waals surface area contributed by atoms with Crippen LogP contribution in [0.4, 0.5) is 0 Å². The molecule has 3 N–H and O–H groups in total. The van der Waals surface area contributed by atoms with E-state index in [1.54, 1.807) is 7.11 Å². The highest BCUT2D eigenvalue weighted by atomic mass is 16.5. The van der Waals surface area contributed by atoms with Crippen LogP contribution in [0.3, 0.4) is 0 Å². The lowest BCUT2D eigenvalue weighted by atomic mass is 10.1. The van der Waals surface area contributed by atoms with Crippen LogP contribution < -0.4 is 11.1 Å². The fourth-order valence-corrected chi connectivity index (χ4v) is 1.57. The molecule has 0 aromatic carbocycles. The van der Waals surface area contributed by atoms with Crippen LogP contribution in [0.2, 0.25) is 0 Å². The van der Waals surface area contributed by atoms with Crippen molar-refractivity contribution in [3.05, 3.63) is 24.0 Å². The Morgan fingerprint density at radius 3 is 3.00 bits per heavy atom. The van der Waals surface area contributed by atoms with Gasteiger partial charge in [0.15, 0.2) is 0 Å². The van der Waals surface area contributed by atoms with Crippen molar-refractivity contribution in [2.75, 3.05) is 13.7 Å². The Hall–Kier alpha value is -1.33. The van der Waals surface area contributed by atoms with Gasteiger partial charge in [0, 0.05) is 32.7 Å². The van der Waals surface area contributed by atoms with Gasteiger partial charge in [-0.05, 0) is 25.0 Å². The third-order valence-electron chi connectivity index (χ3n) is 2.70. The van der Waals surface area contributed by atoms with Crippen molar-refractivity contribution in [3.8, 4) is 0 Å². The average Bonchev–Trinajstić information content (AvgIpc) is 2.72. The van der Waals surface area contributed by atoms with E-state index in [0.29, 0.717) is 19.6 Å². The van der Waals surface area contributed by atoms with E-state index in [4.69, 9.17) is 10.5 Å². The average molecular weight is 239 g/mol. The fraction of sp³-hybridized carbons (Fsp3) is 0.583.